The third kappa shape index (κ3) is 1.87. The number of hydrogen-bond donors (Lipinski definition) is 1. The van der Waals surface area contributed by atoms with Crippen molar-refractivity contribution in [2.75, 3.05) is 0 Å². The van der Waals surface area contributed by atoms with Crippen molar-refractivity contribution >= 4 is 5.97 Å². The highest BCUT2D eigenvalue weighted by Gasteiger charge is 2.29. The average molecular weight is 248 g/mol. The highest BCUT2D eigenvalue weighted by Crippen LogP contribution is 2.38. The highest BCUT2D eigenvalue weighted by molar-refractivity contribution is 5.88. The Hall–Kier alpha value is -2.18. The van der Waals surface area contributed by atoms with Gasteiger partial charge in [-0.2, -0.15) is 10.1 Å². The number of aromatic nitrogens is 4. The summed E-state index contributed by atoms with van der Waals surface area (Å²) in [7, 11) is 0. The van der Waals surface area contributed by atoms with E-state index >= 15 is 0 Å². The Morgan fingerprint density at radius 2 is 2.39 bits per heavy atom. The second kappa shape index (κ2) is 3.94. The molecule has 94 valence electrons. The fourth-order valence-corrected chi connectivity index (χ4v) is 1.78. The molecule has 1 fully saturated rings. The van der Waals surface area contributed by atoms with Gasteiger partial charge in [-0.15, -0.1) is 0 Å². The van der Waals surface area contributed by atoms with Gasteiger partial charge in [0, 0.05) is 5.92 Å². The van der Waals surface area contributed by atoms with Gasteiger partial charge in [0.05, 0.1) is 11.9 Å². The van der Waals surface area contributed by atoms with Gasteiger partial charge >= 0.3 is 5.97 Å². The molecule has 1 N–H and O–H groups in total. The normalized spacial score (nSPS) is 14.9. The standard InChI is InChI=1S/C11H12N4O3/c1-6-8(11(16)17)4-12-15(6)5-9-13-10(18-14-9)7-2-3-7/h4,7H,2-3,5H2,1H3,(H,16,17). The minimum Gasteiger partial charge on any atom is -0.478 e. The van der Waals surface area contributed by atoms with Crippen molar-refractivity contribution in [3.05, 3.63) is 29.2 Å². The van der Waals surface area contributed by atoms with Gasteiger partial charge in [0.2, 0.25) is 5.89 Å². The summed E-state index contributed by atoms with van der Waals surface area (Å²) in [6.07, 6.45) is 3.54. The molecular formula is C11H12N4O3. The summed E-state index contributed by atoms with van der Waals surface area (Å²) in [6.45, 7) is 2.04. The Morgan fingerprint density at radius 3 is 3.00 bits per heavy atom. The first-order valence-electron chi connectivity index (χ1n) is 5.73. The van der Waals surface area contributed by atoms with E-state index in [4.69, 9.17) is 9.63 Å². The molecule has 7 nitrogen and oxygen atoms in total. The molecule has 0 unspecified atom stereocenters. The fourth-order valence-electron chi connectivity index (χ4n) is 1.78. The van der Waals surface area contributed by atoms with Crippen molar-refractivity contribution in [1.82, 2.24) is 19.9 Å². The molecule has 0 atom stereocenters. The Balaban J connectivity index is 1.80. The smallest absolute Gasteiger partial charge is 0.339 e. The van der Waals surface area contributed by atoms with E-state index in [1.165, 1.54) is 6.20 Å². The van der Waals surface area contributed by atoms with Gasteiger partial charge in [-0.1, -0.05) is 5.16 Å². The van der Waals surface area contributed by atoms with Gasteiger partial charge < -0.3 is 9.63 Å². The molecule has 0 spiro atoms. The molecule has 0 saturated heterocycles. The summed E-state index contributed by atoms with van der Waals surface area (Å²) < 4.78 is 6.70. The monoisotopic (exact) mass is 248 g/mol. The number of carboxylic acid groups (broad SMARTS) is 1. The van der Waals surface area contributed by atoms with Crippen molar-refractivity contribution in [2.24, 2.45) is 0 Å². The zero-order valence-corrected chi connectivity index (χ0v) is 9.83. The average Bonchev–Trinajstić information content (AvgIpc) is 2.97. The Bertz CT molecular complexity index is 597. The summed E-state index contributed by atoms with van der Waals surface area (Å²) in [4.78, 5) is 15.2. The first kappa shape index (κ1) is 10.9. The third-order valence-corrected chi connectivity index (χ3v) is 3.04. The van der Waals surface area contributed by atoms with Crippen molar-refractivity contribution in [1.29, 1.82) is 0 Å². The van der Waals surface area contributed by atoms with Crippen molar-refractivity contribution in [3.63, 3.8) is 0 Å². The minimum atomic E-state index is -0.981. The lowest BCUT2D eigenvalue weighted by Crippen LogP contribution is -2.07. The predicted octanol–water partition coefficient (Wildman–Crippen LogP) is 1.20. The van der Waals surface area contributed by atoms with E-state index in [1.807, 2.05) is 0 Å². The van der Waals surface area contributed by atoms with Crippen LogP contribution in [0.4, 0.5) is 0 Å². The van der Waals surface area contributed by atoms with Crippen LogP contribution in [0.3, 0.4) is 0 Å². The van der Waals surface area contributed by atoms with Crippen LogP contribution in [0, 0.1) is 6.92 Å². The first-order chi connectivity index (χ1) is 8.65. The van der Waals surface area contributed by atoms with Crippen LogP contribution >= 0.6 is 0 Å². The molecule has 1 saturated carbocycles. The number of nitrogens with zero attached hydrogens (tertiary/aromatic N) is 4. The number of rotatable bonds is 4. The van der Waals surface area contributed by atoms with Crippen LogP contribution in [-0.4, -0.2) is 31.0 Å². The predicted molar refractivity (Wildman–Crippen MR) is 59.3 cm³/mol. The minimum absolute atomic E-state index is 0.195. The topological polar surface area (TPSA) is 94.0 Å². The van der Waals surface area contributed by atoms with Gasteiger partial charge in [0.25, 0.3) is 0 Å². The molecule has 0 radical (unpaired) electrons. The second-order valence-electron chi connectivity index (χ2n) is 4.43. The van der Waals surface area contributed by atoms with Crippen molar-refractivity contribution in [3.8, 4) is 0 Å². The third-order valence-electron chi connectivity index (χ3n) is 3.04. The maximum absolute atomic E-state index is 10.9. The summed E-state index contributed by atoms with van der Waals surface area (Å²) in [5.41, 5.74) is 0.779. The lowest BCUT2D eigenvalue weighted by Gasteiger charge is -2.00. The molecule has 2 heterocycles. The molecular weight excluding hydrogens is 236 g/mol. The molecule has 0 aromatic carbocycles. The van der Waals surface area contributed by atoms with Gasteiger partial charge in [-0.3, -0.25) is 4.68 Å². The largest absolute Gasteiger partial charge is 0.478 e. The summed E-state index contributed by atoms with van der Waals surface area (Å²) >= 11 is 0. The fraction of sp³-hybridized carbons (Fsp3) is 0.455. The summed E-state index contributed by atoms with van der Waals surface area (Å²) in [6, 6.07) is 0. The van der Waals surface area contributed by atoms with E-state index < -0.39 is 5.97 Å². The quantitative estimate of drug-likeness (QED) is 0.873. The van der Waals surface area contributed by atoms with E-state index in [9.17, 15) is 4.79 Å². The molecule has 0 aliphatic heterocycles. The highest BCUT2D eigenvalue weighted by atomic mass is 16.5. The van der Waals surface area contributed by atoms with E-state index in [0.29, 0.717) is 29.9 Å². The van der Waals surface area contributed by atoms with Crippen LogP contribution in [0.5, 0.6) is 0 Å². The molecule has 1 aliphatic rings. The van der Waals surface area contributed by atoms with Crippen LogP contribution in [-0.2, 0) is 6.54 Å². The van der Waals surface area contributed by atoms with Gasteiger partial charge in [-0.05, 0) is 19.8 Å². The maximum Gasteiger partial charge on any atom is 0.339 e. The van der Waals surface area contributed by atoms with Crippen LogP contribution < -0.4 is 0 Å². The summed E-state index contributed by atoms with van der Waals surface area (Å²) in [5.74, 6) is 0.637. The molecule has 2 aromatic rings. The first-order valence-corrected chi connectivity index (χ1v) is 5.73. The van der Waals surface area contributed by atoms with E-state index in [0.717, 1.165) is 12.8 Å². The van der Waals surface area contributed by atoms with Gasteiger partial charge in [0.1, 0.15) is 12.1 Å². The number of aromatic carboxylic acids is 1. The molecule has 0 amide bonds. The maximum atomic E-state index is 10.9. The van der Waals surface area contributed by atoms with Crippen molar-refractivity contribution < 1.29 is 14.4 Å². The van der Waals surface area contributed by atoms with E-state index in [-0.39, 0.29) is 5.56 Å². The number of hydrogen-bond acceptors (Lipinski definition) is 5. The summed E-state index contributed by atoms with van der Waals surface area (Å²) in [5, 5.41) is 16.8. The molecule has 2 aromatic heterocycles. The van der Waals surface area contributed by atoms with Crippen molar-refractivity contribution in [2.45, 2.75) is 32.2 Å². The molecule has 1 aliphatic carbocycles. The zero-order valence-electron chi connectivity index (χ0n) is 9.83. The van der Waals surface area contributed by atoms with Crippen LogP contribution in [0.25, 0.3) is 0 Å². The lowest BCUT2D eigenvalue weighted by molar-refractivity contribution is 0.0696. The SMILES string of the molecule is Cc1c(C(=O)O)cnn1Cc1noc(C2CC2)n1. The van der Waals surface area contributed by atoms with E-state index in [2.05, 4.69) is 15.2 Å². The molecule has 18 heavy (non-hydrogen) atoms. The Kier molecular flexibility index (Phi) is 2.39. The lowest BCUT2D eigenvalue weighted by atomic mass is 10.3. The number of carboxylic acids is 1. The van der Waals surface area contributed by atoms with Gasteiger partial charge in [0.15, 0.2) is 5.82 Å². The van der Waals surface area contributed by atoms with Crippen LogP contribution in [0.1, 0.15) is 46.5 Å². The van der Waals surface area contributed by atoms with Crippen LogP contribution in [0.15, 0.2) is 10.7 Å². The van der Waals surface area contributed by atoms with Gasteiger partial charge in [-0.25, -0.2) is 4.79 Å². The Labute approximate surface area is 102 Å². The molecule has 3 rings (SSSR count). The van der Waals surface area contributed by atoms with E-state index in [1.54, 1.807) is 11.6 Å². The Morgan fingerprint density at radius 1 is 1.61 bits per heavy atom. The van der Waals surface area contributed by atoms with Crippen LogP contribution in [0.2, 0.25) is 0 Å². The number of carbonyl (C=O) groups is 1. The second-order valence-corrected chi connectivity index (χ2v) is 4.43. The molecule has 7 heteroatoms. The zero-order chi connectivity index (χ0) is 12.7. The molecule has 0 bridgehead atoms.